The number of nitrogens with zero attached hydrogens (tertiary/aromatic N) is 1. The second-order valence-electron chi connectivity index (χ2n) is 5.28. The minimum atomic E-state index is -0.441. The molecule has 1 rings (SSSR count). The summed E-state index contributed by atoms with van der Waals surface area (Å²) in [5.74, 6) is -0.264. The van der Waals surface area contributed by atoms with Crippen LogP contribution in [0.25, 0.3) is 0 Å². The molecule has 1 heterocycles. The van der Waals surface area contributed by atoms with E-state index in [0.29, 0.717) is 13.0 Å². The number of amides is 1. The molecule has 1 amide bonds. The molecule has 0 radical (unpaired) electrons. The highest BCUT2D eigenvalue weighted by atomic mass is 16.5. The molecule has 0 aromatic rings. The molecule has 1 saturated heterocycles. The molecular weight excluding hydrogens is 206 g/mol. The van der Waals surface area contributed by atoms with Gasteiger partial charge in [0.25, 0.3) is 0 Å². The van der Waals surface area contributed by atoms with Gasteiger partial charge in [-0.25, -0.2) is 4.79 Å². The van der Waals surface area contributed by atoms with E-state index in [4.69, 9.17) is 4.74 Å². The molecule has 0 aromatic heterocycles. The van der Waals surface area contributed by atoms with Crippen LogP contribution in [0.2, 0.25) is 0 Å². The van der Waals surface area contributed by atoms with Crippen molar-refractivity contribution in [1.82, 2.24) is 4.90 Å². The predicted molar refractivity (Wildman–Crippen MR) is 60.8 cm³/mol. The van der Waals surface area contributed by atoms with Gasteiger partial charge in [0.1, 0.15) is 6.04 Å². The fourth-order valence-electron chi connectivity index (χ4n) is 1.99. The Morgan fingerprint density at radius 1 is 1.25 bits per heavy atom. The Morgan fingerprint density at radius 3 is 2.38 bits per heavy atom. The van der Waals surface area contributed by atoms with Crippen LogP contribution in [0.4, 0.5) is 0 Å². The number of ether oxygens (including phenoxy) is 1. The van der Waals surface area contributed by atoms with Gasteiger partial charge in [0.05, 0.1) is 7.11 Å². The van der Waals surface area contributed by atoms with E-state index < -0.39 is 5.41 Å². The summed E-state index contributed by atoms with van der Waals surface area (Å²) in [6, 6.07) is -0.384. The molecular formula is C12H21NO3. The smallest absolute Gasteiger partial charge is 0.328 e. The van der Waals surface area contributed by atoms with E-state index in [-0.39, 0.29) is 17.9 Å². The largest absolute Gasteiger partial charge is 0.467 e. The van der Waals surface area contributed by atoms with E-state index >= 15 is 0 Å². The average molecular weight is 227 g/mol. The number of piperidine rings is 1. The summed E-state index contributed by atoms with van der Waals surface area (Å²) in [5, 5.41) is 0. The Labute approximate surface area is 96.9 Å². The van der Waals surface area contributed by atoms with Crippen LogP contribution < -0.4 is 0 Å². The van der Waals surface area contributed by atoms with Gasteiger partial charge in [0.2, 0.25) is 5.91 Å². The molecule has 0 N–H and O–H groups in total. The lowest BCUT2D eigenvalue weighted by Crippen LogP contribution is -2.52. The molecule has 4 heteroatoms. The highest BCUT2D eigenvalue weighted by Crippen LogP contribution is 2.25. The Balaban J connectivity index is 2.82. The number of hydrogen-bond donors (Lipinski definition) is 0. The second-order valence-corrected chi connectivity index (χ2v) is 5.28. The third kappa shape index (κ3) is 2.74. The van der Waals surface area contributed by atoms with Gasteiger partial charge in [0.15, 0.2) is 0 Å². The quantitative estimate of drug-likeness (QED) is 0.639. The van der Waals surface area contributed by atoms with Crippen LogP contribution in [0.15, 0.2) is 0 Å². The molecule has 92 valence electrons. The summed E-state index contributed by atoms with van der Waals surface area (Å²) >= 11 is 0. The minimum absolute atomic E-state index is 0.0302. The van der Waals surface area contributed by atoms with Crippen LogP contribution in [-0.2, 0) is 14.3 Å². The first-order valence-electron chi connectivity index (χ1n) is 5.77. The zero-order chi connectivity index (χ0) is 12.3. The molecule has 0 unspecified atom stereocenters. The maximum atomic E-state index is 12.2. The molecule has 0 spiro atoms. The molecule has 16 heavy (non-hydrogen) atoms. The topological polar surface area (TPSA) is 46.6 Å². The van der Waals surface area contributed by atoms with Gasteiger partial charge in [-0.3, -0.25) is 4.79 Å². The number of carbonyl (C=O) groups excluding carboxylic acids is 2. The third-order valence-electron chi connectivity index (χ3n) is 2.88. The lowest BCUT2D eigenvalue weighted by molar-refractivity contribution is -0.158. The van der Waals surface area contributed by atoms with Gasteiger partial charge in [-0.05, 0) is 19.3 Å². The summed E-state index contributed by atoms with van der Waals surface area (Å²) < 4.78 is 4.75. The average Bonchev–Trinajstić information content (AvgIpc) is 2.25. The molecule has 0 aromatic carbocycles. The van der Waals surface area contributed by atoms with E-state index in [0.717, 1.165) is 12.8 Å². The van der Waals surface area contributed by atoms with Crippen molar-refractivity contribution in [2.75, 3.05) is 13.7 Å². The van der Waals surface area contributed by atoms with E-state index in [1.807, 2.05) is 20.8 Å². The fourth-order valence-corrected chi connectivity index (χ4v) is 1.99. The van der Waals surface area contributed by atoms with E-state index in [2.05, 4.69) is 0 Å². The lowest BCUT2D eigenvalue weighted by Gasteiger charge is -2.37. The van der Waals surface area contributed by atoms with Crippen LogP contribution >= 0.6 is 0 Å². The standard InChI is InChI=1S/C12H21NO3/c1-12(2,3)11(15)13-8-6-5-7-9(13)10(14)16-4/h9H,5-8H2,1-4H3/t9-/m0/s1. The summed E-state index contributed by atoms with van der Waals surface area (Å²) in [7, 11) is 1.37. The number of rotatable bonds is 1. The Morgan fingerprint density at radius 2 is 1.88 bits per heavy atom. The van der Waals surface area contributed by atoms with Gasteiger partial charge in [-0.15, -0.1) is 0 Å². The number of likely N-dealkylation sites (tertiary alicyclic amines) is 1. The molecule has 0 saturated carbocycles. The highest BCUT2D eigenvalue weighted by molar-refractivity contribution is 5.87. The van der Waals surface area contributed by atoms with Crippen molar-refractivity contribution in [1.29, 1.82) is 0 Å². The first kappa shape index (κ1) is 13.0. The van der Waals surface area contributed by atoms with Crippen LogP contribution in [0, 0.1) is 5.41 Å². The fraction of sp³-hybridized carbons (Fsp3) is 0.833. The van der Waals surface area contributed by atoms with Gasteiger partial charge in [0, 0.05) is 12.0 Å². The van der Waals surface area contributed by atoms with Gasteiger partial charge >= 0.3 is 5.97 Å². The molecule has 0 bridgehead atoms. The Kier molecular flexibility index (Phi) is 3.94. The van der Waals surface area contributed by atoms with Crippen LogP contribution in [0.1, 0.15) is 40.0 Å². The molecule has 1 aliphatic heterocycles. The zero-order valence-corrected chi connectivity index (χ0v) is 10.6. The Bertz CT molecular complexity index is 280. The lowest BCUT2D eigenvalue weighted by atomic mass is 9.91. The predicted octanol–water partition coefficient (Wildman–Crippen LogP) is 1.59. The van der Waals surface area contributed by atoms with Crippen molar-refractivity contribution < 1.29 is 14.3 Å². The van der Waals surface area contributed by atoms with E-state index in [1.54, 1.807) is 4.90 Å². The van der Waals surface area contributed by atoms with Crippen molar-refractivity contribution >= 4 is 11.9 Å². The minimum Gasteiger partial charge on any atom is -0.467 e. The summed E-state index contributed by atoms with van der Waals surface area (Å²) in [5.41, 5.74) is -0.441. The van der Waals surface area contributed by atoms with Crippen molar-refractivity contribution in [3.63, 3.8) is 0 Å². The second kappa shape index (κ2) is 4.85. The Hall–Kier alpha value is -1.06. The van der Waals surface area contributed by atoms with Crippen molar-refractivity contribution in [2.45, 2.75) is 46.1 Å². The van der Waals surface area contributed by atoms with Crippen molar-refractivity contribution in [2.24, 2.45) is 5.41 Å². The maximum Gasteiger partial charge on any atom is 0.328 e. The molecule has 0 aliphatic carbocycles. The zero-order valence-electron chi connectivity index (χ0n) is 10.6. The molecule has 1 atom stereocenters. The van der Waals surface area contributed by atoms with Gasteiger partial charge in [-0.1, -0.05) is 20.8 Å². The number of carbonyl (C=O) groups is 2. The summed E-state index contributed by atoms with van der Waals surface area (Å²) in [6.07, 6.45) is 2.66. The SMILES string of the molecule is COC(=O)[C@@H]1CCCCN1C(=O)C(C)(C)C. The summed E-state index contributed by atoms with van der Waals surface area (Å²) in [6.45, 7) is 6.28. The van der Waals surface area contributed by atoms with Gasteiger partial charge < -0.3 is 9.64 Å². The first-order chi connectivity index (χ1) is 7.38. The first-order valence-corrected chi connectivity index (χ1v) is 5.77. The maximum absolute atomic E-state index is 12.2. The normalized spacial score (nSPS) is 21.8. The number of hydrogen-bond acceptors (Lipinski definition) is 3. The van der Waals surface area contributed by atoms with Crippen LogP contribution in [0.5, 0.6) is 0 Å². The molecule has 4 nitrogen and oxygen atoms in total. The number of methoxy groups -OCH3 is 1. The van der Waals surface area contributed by atoms with Crippen LogP contribution in [-0.4, -0.2) is 36.5 Å². The molecule has 1 fully saturated rings. The monoisotopic (exact) mass is 227 g/mol. The summed E-state index contributed by atoms with van der Waals surface area (Å²) in [4.78, 5) is 25.4. The van der Waals surface area contributed by atoms with Gasteiger partial charge in [-0.2, -0.15) is 0 Å². The van der Waals surface area contributed by atoms with E-state index in [9.17, 15) is 9.59 Å². The molecule has 1 aliphatic rings. The van der Waals surface area contributed by atoms with E-state index in [1.165, 1.54) is 7.11 Å². The van der Waals surface area contributed by atoms with Crippen LogP contribution in [0.3, 0.4) is 0 Å². The number of esters is 1. The highest BCUT2D eigenvalue weighted by Gasteiger charge is 2.37. The third-order valence-corrected chi connectivity index (χ3v) is 2.88. The van der Waals surface area contributed by atoms with Crippen molar-refractivity contribution in [3.05, 3.63) is 0 Å². The van der Waals surface area contributed by atoms with Crippen molar-refractivity contribution in [3.8, 4) is 0 Å².